The molecule has 0 aliphatic carbocycles. The van der Waals surface area contributed by atoms with Gasteiger partial charge in [-0.25, -0.2) is 4.39 Å². The third kappa shape index (κ3) is 2.45. The number of hydrogen-bond acceptors (Lipinski definition) is 2. The van der Waals surface area contributed by atoms with Gasteiger partial charge in [0.05, 0.1) is 11.4 Å². The molecule has 0 aromatic heterocycles. The Morgan fingerprint density at radius 3 is 2.33 bits per heavy atom. The number of nitrogen functional groups attached to an aromatic ring is 1. The fourth-order valence-corrected chi connectivity index (χ4v) is 1.99. The van der Waals surface area contributed by atoms with Crippen LogP contribution in [0.4, 0.5) is 21.5 Å². The van der Waals surface area contributed by atoms with Crippen LogP contribution in [-0.2, 0) is 0 Å². The van der Waals surface area contributed by atoms with Gasteiger partial charge in [0.2, 0.25) is 0 Å². The second-order valence-electron chi connectivity index (χ2n) is 4.28. The molecule has 2 aromatic rings. The average Bonchev–Trinajstić information content (AvgIpc) is 2.35. The number of anilines is 3. The van der Waals surface area contributed by atoms with Crippen LogP contribution in [-0.4, -0.2) is 6.54 Å². The monoisotopic (exact) mass is 244 g/mol. The number of hydrogen-bond donors (Lipinski definition) is 1. The van der Waals surface area contributed by atoms with E-state index in [2.05, 4.69) is 17.0 Å². The second-order valence-corrected chi connectivity index (χ2v) is 4.28. The summed E-state index contributed by atoms with van der Waals surface area (Å²) in [5, 5.41) is 0. The van der Waals surface area contributed by atoms with E-state index in [0.29, 0.717) is 5.69 Å². The first kappa shape index (κ1) is 12.4. The minimum Gasteiger partial charge on any atom is -0.397 e. The molecule has 2 nitrogen and oxygen atoms in total. The van der Waals surface area contributed by atoms with Crippen molar-refractivity contribution in [1.29, 1.82) is 0 Å². The standard InChI is InChI=1S/C15H17FN2/c1-3-18(13-7-4-11(2)5-8-13)15-9-6-12(16)10-14(15)17/h4-10H,3,17H2,1-2H3. The van der Waals surface area contributed by atoms with E-state index in [-0.39, 0.29) is 5.82 Å². The van der Waals surface area contributed by atoms with Crippen LogP contribution in [0, 0.1) is 12.7 Å². The molecule has 0 amide bonds. The number of benzene rings is 2. The maximum Gasteiger partial charge on any atom is 0.125 e. The minimum atomic E-state index is -0.309. The maximum atomic E-state index is 13.1. The summed E-state index contributed by atoms with van der Waals surface area (Å²) in [5.74, 6) is -0.309. The summed E-state index contributed by atoms with van der Waals surface area (Å²) in [5.41, 5.74) is 9.44. The molecule has 0 aliphatic rings. The zero-order valence-electron chi connectivity index (χ0n) is 10.7. The van der Waals surface area contributed by atoms with Crippen molar-refractivity contribution in [2.75, 3.05) is 17.2 Å². The van der Waals surface area contributed by atoms with E-state index in [1.54, 1.807) is 6.07 Å². The minimum absolute atomic E-state index is 0.309. The summed E-state index contributed by atoms with van der Waals surface area (Å²) in [6.45, 7) is 4.87. The van der Waals surface area contributed by atoms with Gasteiger partial charge in [0.15, 0.2) is 0 Å². The Balaban J connectivity index is 2.41. The highest BCUT2D eigenvalue weighted by molar-refractivity contribution is 5.74. The lowest BCUT2D eigenvalue weighted by molar-refractivity contribution is 0.628. The molecule has 0 unspecified atom stereocenters. The summed E-state index contributed by atoms with van der Waals surface area (Å²) in [6, 6.07) is 12.7. The Hall–Kier alpha value is -2.03. The Kier molecular flexibility index (Phi) is 3.51. The lowest BCUT2D eigenvalue weighted by atomic mass is 10.2. The van der Waals surface area contributed by atoms with Crippen molar-refractivity contribution in [2.45, 2.75) is 13.8 Å². The van der Waals surface area contributed by atoms with Crippen LogP contribution in [0.15, 0.2) is 42.5 Å². The van der Waals surface area contributed by atoms with E-state index >= 15 is 0 Å². The largest absolute Gasteiger partial charge is 0.397 e. The topological polar surface area (TPSA) is 29.3 Å². The van der Waals surface area contributed by atoms with Gasteiger partial charge >= 0.3 is 0 Å². The normalized spacial score (nSPS) is 10.4. The van der Waals surface area contributed by atoms with Crippen molar-refractivity contribution >= 4 is 17.1 Å². The van der Waals surface area contributed by atoms with E-state index in [1.165, 1.54) is 17.7 Å². The molecule has 0 spiro atoms. The summed E-state index contributed by atoms with van der Waals surface area (Å²) in [6.07, 6.45) is 0. The number of nitrogens with two attached hydrogens (primary N) is 1. The number of nitrogens with zero attached hydrogens (tertiary/aromatic N) is 1. The molecular weight excluding hydrogens is 227 g/mol. The second kappa shape index (κ2) is 5.08. The molecule has 2 N–H and O–H groups in total. The van der Waals surface area contributed by atoms with Gasteiger partial charge in [-0.2, -0.15) is 0 Å². The molecule has 94 valence electrons. The van der Waals surface area contributed by atoms with Crippen LogP contribution in [0.5, 0.6) is 0 Å². The number of aryl methyl sites for hydroxylation is 1. The first-order chi connectivity index (χ1) is 8.61. The highest BCUT2D eigenvalue weighted by Gasteiger charge is 2.10. The third-order valence-corrected chi connectivity index (χ3v) is 2.94. The summed E-state index contributed by atoms with van der Waals surface area (Å²) < 4.78 is 13.1. The average molecular weight is 244 g/mol. The maximum absolute atomic E-state index is 13.1. The van der Waals surface area contributed by atoms with Gasteiger partial charge in [0, 0.05) is 12.2 Å². The molecule has 0 bridgehead atoms. The van der Waals surface area contributed by atoms with Crippen molar-refractivity contribution < 1.29 is 4.39 Å². The van der Waals surface area contributed by atoms with E-state index < -0.39 is 0 Å². The van der Waals surface area contributed by atoms with Gasteiger partial charge < -0.3 is 10.6 Å². The summed E-state index contributed by atoms with van der Waals surface area (Å²) in [4.78, 5) is 2.06. The Morgan fingerprint density at radius 2 is 1.78 bits per heavy atom. The van der Waals surface area contributed by atoms with E-state index in [1.807, 2.05) is 26.0 Å². The first-order valence-electron chi connectivity index (χ1n) is 6.01. The number of halogens is 1. The van der Waals surface area contributed by atoms with Gasteiger partial charge in [-0.1, -0.05) is 17.7 Å². The predicted molar refractivity (Wildman–Crippen MR) is 74.7 cm³/mol. The van der Waals surface area contributed by atoms with Crippen molar-refractivity contribution in [1.82, 2.24) is 0 Å². The van der Waals surface area contributed by atoms with Crippen molar-refractivity contribution in [2.24, 2.45) is 0 Å². The van der Waals surface area contributed by atoms with Crippen LogP contribution in [0.3, 0.4) is 0 Å². The highest BCUT2D eigenvalue weighted by Crippen LogP contribution is 2.30. The molecule has 0 fully saturated rings. The molecular formula is C15H17FN2. The van der Waals surface area contributed by atoms with E-state index in [4.69, 9.17) is 5.73 Å². The van der Waals surface area contributed by atoms with E-state index in [9.17, 15) is 4.39 Å². The summed E-state index contributed by atoms with van der Waals surface area (Å²) in [7, 11) is 0. The van der Waals surface area contributed by atoms with Crippen LogP contribution in [0.25, 0.3) is 0 Å². The van der Waals surface area contributed by atoms with Crippen molar-refractivity contribution in [3.8, 4) is 0 Å². The lowest BCUT2D eigenvalue weighted by Crippen LogP contribution is -2.17. The SMILES string of the molecule is CCN(c1ccc(C)cc1)c1ccc(F)cc1N. The van der Waals surface area contributed by atoms with Crippen LogP contribution in [0.2, 0.25) is 0 Å². The smallest absolute Gasteiger partial charge is 0.125 e. The molecule has 3 heteroatoms. The van der Waals surface area contributed by atoms with Crippen molar-refractivity contribution in [3.05, 3.63) is 53.8 Å². The fourth-order valence-electron chi connectivity index (χ4n) is 1.99. The van der Waals surface area contributed by atoms with Gasteiger partial charge in [-0.3, -0.25) is 0 Å². The molecule has 2 rings (SSSR count). The Labute approximate surface area is 107 Å². The Bertz CT molecular complexity index is 535. The van der Waals surface area contributed by atoms with Crippen LogP contribution < -0.4 is 10.6 Å². The van der Waals surface area contributed by atoms with Crippen molar-refractivity contribution in [3.63, 3.8) is 0 Å². The molecule has 0 saturated heterocycles. The Morgan fingerprint density at radius 1 is 1.11 bits per heavy atom. The number of rotatable bonds is 3. The van der Waals surface area contributed by atoms with Gasteiger partial charge in [0.1, 0.15) is 5.82 Å². The highest BCUT2D eigenvalue weighted by atomic mass is 19.1. The molecule has 18 heavy (non-hydrogen) atoms. The van der Waals surface area contributed by atoms with Gasteiger partial charge in [0.25, 0.3) is 0 Å². The quantitative estimate of drug-likeness (QED) is 0.830. The summed E-state index contributed by atoms with van der Waals surface area (Å²) >= 11 is 0. The first-order valence-corrected chi connectivity index (χ1v) is 6.01. The van der Waals surface area contributed by atoms with Crippen LogP contribution in [0.1, 0.15) is 12.5 Å². The van der Waals surface area contributed by atoms with Gasteiger partial charge in [-0.15, -0.1) is 0 Å². The lowest BCUT2D eigenvalue weighted by Gasteiger charge is -2.25. The molecule has 0 radical (unpaired) electrons. The van der Waals surface area contributed by atoms with E-state index in [0.717, 1.165) is 17.9 Å². The molecule has 0 atom stereocenters. The van der Waals surface area contributed by atoms with Crippen LogP contribution >= 0.6 is 0 Å². The molecule has 0 aliphatic heterocycles. The molecule has 0 heterocycles. The van der Waals surface area contributed by atoms with Gasteiger partial charge in [-0.05, 0) is 44.2 Å². The zero-order chi connectivity index (χ0) is 13.1. The zero-order valence-corrected chi connectivity index (χ0v) is 10.7. The molecule has 2 aromatic carbocycles. The predicted octanol–water partition coefficient (Wildman–Crippen LogP) is 3.87. The third-order valence-electron chi connectivity index (χ3n) is 2.94. The molecule has 0 saturated carbocycles. The fraction of sp³-hybridized carbons (Fsp3) is 0.200.